The highest BCUT2D eigenvalue weighted by Gasteiger charge is 2.18. The molecule has 1 aromatic carbocycles. The van der Waals surface area contributed by atoms with Gasteiger partial charge in [-0.25, -0.2) is 0 Å². The molecule has 0 atom stereocenters. The van der Waals surface area contributed by atoms with E-state index in [1.807, 2.05) is 12.1 Å². The Morgan fingerprint density at radius 3 is 2.65 bits per heavy atom. The summed E-state index contributed by atoms with van der Waals surface area (Å²) in [5, 5.41) is 0.841. The Morgan fingerprint density at radius 1 is 1.29 bits per heavy atom. The number of rotatable bonds is 2. The van der Waals surface area contributed by atoms with Crippen LogP contribution in [0, 0.1) is 19.3 Å². The van der Waals surface area contributed by atoms with Gasteiger partial charge in [-0.2, -0.15) is 0 Å². The van der Waals surface area contributed by atoms with Gasteiger partial charge in [-0.3, -0.25) is 4.90 Å². The molecule has 0 bridgehead atoms. The maximum Gasteiger partial charge on any atom is 0.0600 e. The zero-order valence-electron chi connectivity index (χ0n) is 10.1. The smallest absolute Gasteiger partial charge is 0.0600 e. The molecule has 17 heavy (non-hydrogen) atoms. The SMILES string of the molecule is C#CCN1CCN(c2cccc(Cl)c2C)CC1. The van der Waals surface area contributed by atoms with Crippen LogP contribution in [0.2, 0.25) is 5.02 Å². The number of hydrogen-bond acceptors (Lipinski definition) is 2. The van der Waals surface area contributed by atoms with Crippen molar-refractivity contribution in [1.29, 1.82) is 0 Å². The molecule has 90 valence electrons. The van der Waals surface area contributed by atoms with Gasteiger partial charge in [0.1, 0.15) is 0 Å². The molecule has 0 spiro atoms. The molecule has 1 aromatic rings. The van der Waals surface area contributed by atoms with E-state index >= 15 is 0 Å². The monoisotopic (exact) mass is 248 g/mol. The molecular formula is C14H17ClN2. The van der Waals surface area contributed by atoms with Crippen LogP contribution in [0.3, 0.4) is 0 Å². The lowest BCUT2D eigenvalue weighted by Crippen LogP contribution is -2.46. The number of terminal acetylenes is 1. The first-order valence-corrected chi connectivity index (χ1v) is 6.26. The van der Waals surface area contributed by atoms with Crippen molar-refractivity contribution in [3.63, 3.8) is 0 Å². The topological polar surface area (TPSA) is 6.48 Å². The number of halogens is 1. The first-order valence-electron chi connectivity index (χ1n) is 5.88. The highest BCUT2D eigenvalue weighted by Crippen LogP contribution is 2.27. The third-order valence-corrected chi connectivity index (χ3v) is 3.68. The summed E-state index contributed by atoms with van der Waals surface area (Å²) in [4.78, 5) is 4.69. The predicted octanol–water partition coefficient (Wildman–Crippen LogP) is 2.40. The Hall–Kier alpha value is -1.17. The van der Waals surface area contributed by atoms with Gasteiger partial charge in [0, 0.05) is 36.9 Å². The van der Waals surface area contributed by atoms with Crippen molar-refractivity contribution >= 4 is 17.3 Å². The van der Waals surface area contributed by atoms with Crippen LogP contribution >= 0.6 is 11.6 Å². The zero-order chi connectivity index (χ0) is 12.3. The van der Waals surface area contributed by atoms with Crippen LogP contribution in [0.15, 0.2) is 18.2 Å². The van der Waals surface area contributed by atoms with Crippen LogP contribution in [-0.4, -0.2) is 37.6 Å². The molecule has 1 fully saturated rings. The fraction of sp³-hybridized carbons (Fsp3) is 0.429. The van der Waals surface area contributed by atoms with Gasteiger partial charge >= 0.3 is 0 Å². The third kappa shape index (κ3) is 2.74. The van der Waals surface area contributed by atoms with Gasteiger partial charge in [0.2, 0.25) is 0 Å². The van der Waals surface area contributed by atoms with Crippen molar-refractivity contribution in [3.8, 4) is 12.3 Å². The van der Waals surface area contributed by atoms with Crippen LogP contribution in [0.25, 0.3) is 0 Å². The van der Waals surface area contributed by atoms with Gasteiger partial charge in [-0.05, 0) is 24.6 Å². The normalized spacial score (nSPS) is 16.9. The summed E-state index contributed by atoms with van der Waals surface area (Å²) in [6.45, 7) is 6.91. The van der Waals surface area contributed by atoms with Crippen molar-refractivity contribution in [2.24, 2.45) is 0 Å². The molecule has 0 saturated carbocycles. The Kier molecular flexibility index (Phi) is 3.93. The minimum atomic E-state index is 0.752. The van der Waals surface area contributed by atoms with Crippen LogP contribution in [0.5, 0.6) is 0 Å². The Balaban J connectivity index is 2.06. The van der Waals surface area contributed by atoms with Gasteiger partial charge in [0.05, 0.1) is 6.54 Å². The van der Waals surface area contributed by atoms with Crippen LogP contribution in [0.4, 0.5) is 5.69 Å². The number of benzene rings is 1. The second kappa shape index (κ2) is 5.44. The van der Waals surface area contributed by atoms with Gasteiger partial charge in [0.25, 0.3) is 0 Å². The van der Waals surface area contributed by atoms with E-state index in [0.29, 0.717) is 0 Å². The number of hydrogen-bond donors (Lipinski definition) is 0. The second-order valence-corrected chi connectivity index (χ2v) is 4.76. The van der Waals surface area contributed by atoms with Gasteiger partial charge < -0.3 is 4.90 Å². The van der Waals surface area contributed by atoms with Crippen molar-refractivity contribution in [2.45, 2.75) is 6.92 Å². The molecule has 2 nitrogen and oxygen atoms in total. The van der Waals surface area contributed by atoms with E-state index in [1.54, 1.807) is 0 Å². The molecule has 0 amide bonds. The minimum absolute atomic E-state index is 0.752. The zero-order valence-corrected chi connectivity index (χ0v) is 10.9. The molecule has 0 unspecified atom stereocenters. The molecule has 3 heteroatoms. The van der Waals surface area contributed by atoms with E-state index in [0.717, 1.165) is 37.7 Å². The highest BCUT2D eigenvalue weighted by atomic mass is 35.5. The first-order chi connectivity index (χ1) is 8.22. The summed E-state index contributed by atoms with van der Waals surface area (Å²) in [6, 6.07) is 6.09. The van der Waals surface area contributed by atoms with E-state index in [2.05, 4.69) is 28.7 Å². The van der Waals surface area contributed by atoms with Crippen molar-refractivity contribution in [3.05, 3.63) is 28.8 Å². The Bertz CT molecular complexity index is 428. The second-order valence-electron chi connectivity index (χ2n) is 4.35. The lowest BCUT2D eigenvalue weighted by Gasteiger charge is -2.36. The van der Waals surface area contributed by atoms with Crippen molar-refractivity contribution in [1.82, 2.24) is 4.90 Å². The van der Waals surface area contributed by atoms with E-state index < -0.39 is 0 Å². The molecule has 1 aliphatic heterocycles. The highest BCUT2D eigenvalue weighted by molar-refractivity contribution is 6.31. The van der Waals surface area contributed by atoms with Gasteiger partial charge in [-0.15, -0.1) is 6.42 Å². The van der Waals surface area contributed by atoms with Crippen LogP contribution in [0.1, 0.15) is 5.56 Å². The summed E-state index contributed by atoms with van der Waals surface area (Å²) in [6.07, 6.45) is 5.33. The predicted molar refractivity (Wildman–Crippen MR) is 73.7 cm³/mol. The molecule has 0 aliphatic carbocycles. The standard InChI is InChI=1S/C14H17ClN2/c1-3-7-16-8-10-17(11-9-16)14-6-4-5-13(15)12(14)2/h1,4-6H,7-11H2,2H3. The molecule has 1 aliphatic rings. The Labute approximate surface area is 108 Å². The molecule has 0 aromatic heterocycles. The molecular weight excluding hydrogens is 232 g/mol. The summed E-state index contributed by atoms with van der Waals surface area (Å²) in [7, 11) is 0. The molecule has 0 N–H and O–H groups in total. The average Bonchev–Trinajstić information content (AvgIpc) is 2.34. The maximum atomic E-state index is 6.15. The van der Waals surface area contributed by atoms with Crippen molar-refractivity contribution < 1.29 is 0 Å². The fourth-order valence-corrected chi connectivity index (χ4v) is 2.38. The fourth-order valence-electron chi connectivity index (χ4n) is 2.21. The van der Waals surface area contributed by atoms with Crippen LogP contribution < -0.4 is 4.90 Å². The summed E-state index contributed by atoms with van der Waals surface area (Å²) < 4.78 is 0. The largest absolute Gasteiger partial charge is 0.369 e. The number of nitrogens with zero attached hydrogens (tertiary/aromatic N) is 2. The van der Waals surface area contributed by atoms with E-state index in [9.17, 15) is 0 Å². The molecule has 2 rings (SSSR count). The van der Waals surface area contributed by atoms with E-state index in [1.165, 1.54) is 11.3 Å². The third-order valence-electron chi connectivity index (χ3n) is 3.27. The minimum Gasteiger partial charge on any atom is -0.369 e. The maximum absolute atomic E-state index is 6.15. The summed E-state index contributed by atoms with van der Waals surface area (Å²) in [5.41, 5.74) is 2.41. The quantitative estimate of drug-likeness (QED) is 0.742. The van der Waals surface area contributed by atoms with E-state index in [4.69, 9.17) is 18.0 Å². The number of piperazine rings is 1. The summed E-state index contributed by atoms with van der Waals surface area (Å²) in [5.74, 6) is 2.70. The van der Waals surface area contributed by atoms with Crippen molar-refractivity contribution in [2.75, 3.05) is 37.6 Å². The number of anilines is 1. The van der Waals surface area contributed by atoms with Crippen LogP contribution in [-0.2, 0) is 0 Å². The first kappa shape index (κ1) is 12.3. The molecule has 1 saturated heterocycles. The molecule has 0 radical (unpaired) electrons. The molecule has 1 heterocycles. The summed E-state index contributed by atoms with van der Waals surface area (Å²) >= 11 is 6.15. The average molecular weight is 249 g/mol. The van der Waals surface area contributed by atoms with Gasteiger partial charge in [0.15, 0.2) is 0 Å². The van der Waals surface area contributed by atoms with Gasteiger partial charge in [-0.1, -0.05) is 23.6 Å². The lowest BCUT2D eigenvalue weighted by atomic mass is 10.1. The lowest BCUT2D eigenvalue weighted by molar-refractivity contribution is 0.288. The Morgan fingerprint density at radius 2 is 2.00 bits per heavy atom. The van der Waals surface area contributed by atoms with E-state index in [-0.39, 0.29) is 0 Å².